The van der Waals surface area contributed by atoms with Gasteiger partial charge in [0.25, 0.3) is 0 Å². The molecule has 0 bridgehead atoms. The molecule has 1 saturated carbocycles. The molecule has 0 spiro atoms. The summed E-state index contributed by atoms with van der Waals surface area (Å²) in [4.78, 5) is 0. The molecule has 0 amide bonds. The minimum atomic E-state index is 0.661. The standard InChI is InChI=1S/C17H30SSe/c1-14(2)10-11-19-17(18-13-15(3)4)12-16-8-6-5-7-9-16/h10,12,15-16H,5-9,11,13H2,1-4H3/b17-12+. The molecule has 1 rings (SSSR count). The van der Waals surface area contributed by atoms with E-state index in [4.69, 9.17) is 0 Å². The molecule has 1 aliphatic rings. The molecule has 0 aliphatic heterocycles. The van der Waals surface area contributed by atoms with Crippen molar-refractivity contribution in [1.29, 1.82) is 0 Å². The zero-order chi connectivity index (χ0) is 14.1. The van der Waals surface area contributed by atoms with Gasteiger partial charge >= 0.3 is 131 Å². The van der Waals surface area contributed by atoms with E-state index >= 15 is 0 Å². The molecular formula is C17H30SSe. The van der Waals surface area contributed by atoms with Crippen LogP contribution in [-0.4, -0.2) is 20.7 Å². The van der Waals surface area contributed by atoms with Gasteiger partial charge in [0.1, 0.15) is 0 Å². The van der Waals surface area contributed by atoms with E-state index in [2.05, 4.69) is 51.6 Å². The van der Waals surface area contributed by atoms with Crippen molar-refractivity contribution < 1.29 is 0 Å². The average molecular weight is 345 g/mol. The maximum atomic E-state index is 2.64. The summed E-state index contributed by atoms with van der Waals surface area (Å²) in [7, 11) is 0. The van der Waals surface area contributed by atoms with Gasteiger partial charge in [-0.1, -0.05) is 0 Å². The van der Waals surface area contributed by atoms with E-state index in [1.54, 1.807) is 3.80 Å². The van der Waals surface area contributed by atoms with E-state index in [0.29, 0.717) is 15.0 Å². The van der Waals surface area contributed by atoms with Gasteiger partial charge in [-0.15, -0.1) is 0 Å². The molecule has 0 radical (unpaired) electrons. The Morgan fingerprint density at radius 3 is 2.47 bits per heavy atom. The van der Waals surface area contributed by atoms with Crippen LogP contribution in [0.3, 0.4) is 0 Å². The molecule has 1 fully saturated rings. The third kappa shape index (κ3) is 9.00. The minimum absolute atomic E-state index is 0.661. The van der Waals surface area contributed by atoms with Gasteiger partial charge in [-0.25, -0.2) is 0 Å². The Kier molecular flexibility index (Phi) is 9.28. The number of hydrogen-bond donors (Lipinski definition) is 0. The van der Waals surface area contributed by atoms with Gasteiger partial charge in [-0.2, -0.15) is 0 Å². The third-order valence-corrected chi connectivity index (χ3v) is 7.49. The summed E-state index contributed by atoms with van der Waals surface area (Å²) >= 11 is 2.80. The van der Waals surface area contributed by atoms with E-state index < -0.39 is 0 Å². The van der Waals surface area contributed by atoms with E-state index in [1.165, 1.54) is 48.7 Å². The molecule has 0 heterocycles. The van der Waals surface area contributed by atoms with Gasteiger partial charge < -0.3 is 0 Å². The van der Waals surface area contributed by atoms with E-state index in [-0.39, 0.29) is 0 Å². The molecule has 0 unspecified atom stereocenters. The van der Waals surface area contributed by atoms with Crippen molar-refractivity contribution >= 4 is 26.7 Å². The predicted molar refractivity (Wildman–Crippen MR) is 91.9 cm³/mol. The van der Waals surface area contributed by atoms with E-state index in [1.807, 2.05) is 0 Å². The second-order valence-corrected chi connectivity index (χ2v) is 10.1. The molecule has 0 aromatic rings. The van der Waals surface area contributed by atoms with Crippen LogP contribution < -0.4 is 0 Å². The summed E-state index contributed by atoms with van der Waals surface area (Å²) in [6.45, 7) is 9.08. The summed E-state index contributed by atoms with van der Waals surface area (Å²) in [5.74, 6) is 2.98. The Labute approximate surface area is 131 Å². The van der Waals surface area contributed by atoms with Crippen LogP contribution in [0.4, 0.5) is 0 Å². The quantitative estimate of drug-likeness (QED) is 0.410. The van der Waals surface area contributed by atoms with Gasteiger partial charge in [0.15, 0.2) is 0 Å². The van der Waals surface area contributed by atoms with Crippen LogP contribution in [0.2, 0.25) is 5.32 Å². The Morgan fingerprint density at radius 2 is 1.89 bits per heavy atom. The van der Waals surface area contributed by atoms with Gasteiger partial charge in [-0.05, 0) is 0 Å². The van der Waals surface area contributed by atoms with E-state index in [0.717, 1.165) is 11.8 Å². The topological polar surface area (TPSA) is 0 Å². The maximum absolute atomic E-state index is 2.64. The van der Waals surface area contributed by atoms with E-state index in [9.17, 15) is 0 Å². The fourth-order valence-corrected chi connectivity index (χ4v) is 6.17. The Balaban J connectivity index is 2.50. The Hall–Kier alpha value is 0.349. The monoisotopic (exact) mass is 346 g/mol. The summed E-state index contributed by atoms with van der Waals surface area (Å²) in [6, 6.07) is 0. The van der Waals surface area contributed by atoms with Gasteiger partial charge in [-0.3, -0.25) is 0 Å². The normalized spacial score (nSPS) is 17.8. The van der Waals surface area contributed by atoms with Crippen LogP contribution in [0.25, 0.3) is 0 Å². The SMILES string of the molecule is CC(C)=CC[Se]/C(=C/C1CCCCC1)SCC(C)C. The molecule has 0 aromatic carbocycles. The van der Waals surface area contributed by atoms with Crippen molar-refractivity contribution in [2.24, 2.45) is 11.8 Å². The summed E-state index contributed by atoms with van der Waals surface area (Å²) in [5, 5.41) is 1.28. The molecule has 2 heteroatoms. The second-order valence-electron chi connectivity index (χ2n) is 6.18. The van der Waals surface area contributed by atoms with Gasteiger partial charge in [0.05, 0.1) is 0 Å². The number of hydrogen-bond acceptors (Lipinski definition) is 1. The Bertz CT molecular complexity index is 294. The zero-order valence-electron chi connectivity index (χ0n) is 13.1. The Morgan fingerprint density at radius 1 is 1.21 bits per heavy atom. The van der Waals surface area contributed by atoms with Crippen molar-refractivity contribution in [1.82, 2.24) is 0 Å². The molecule has 0 aromatic heterocycles. The van der Waals surface area contributed by atoms with Crippen molar-refractivity contribution in [2.75, 3.05) is 5.75 Å². The molecular weight excluding hydrogens is 315 g/mol. The van der Waals surface area contributed by atoms with Crippen LogP contribution in [0.5, 0.6) is 0 Å². The molecule has 19 heavy (non-hydrogen) atoms. The molecule has 0 atom stereocenters. The second kappa shape index (κ2) is 10.1. The number of rotatable bonds is 7. The van der Waals surface area contributed by atoms with Crippen molar-refractivity contribution in [3.05, 3.63) is 21.5 Å². The first-order valence-electron chi connectivity index (χ1n) is 7.68. The molecule has 0 N–H and O–H groups in total. The van der Waals surface area contributed by atoms with Crippen molar-refractivity contribution in [2.45, 2.75) is 65.1 Å². The van der Waals surface area contributed by atoms with Crippen molar-refractivity contribution in [3.8, 4) is 0 Å². The molecule has 0 nitrogen and oxygen atoms in total. The van der Waals surface area contributed by atoms with Crippen LogP contribution in [0.15, 0.2) is 21.5 Å². The molecule has 0 saturated heterocycles. The van der Waals surface area contributed by atoms with Crippen LogP contribution in [0, 0.1) is 11.8 Å². The number of thioether (sulfide) groups is 1. The fourth-order valence-electron chi connectivity index (χ4n) is 2.17. The van der Waals surface area contributed by atoms with Crippen molar-refractivity contribution in [3.63, 3.8) is 0 Å². The van der Waals surface area contributed by atoms with Gasteiger partial charge in [0, 0.05) is 0 Å². The van der Waals surface area contributed by atoms with Crippen LogP contribution >= 0.6 is 11.8 Å². The molecule has 110 valence electrons. The first-order chi connectivity index (χ1) is 9.08. The average Bonchev–Trinajstić information content (AvgIpc) is 2.36. The first-order valence-corrected chi connectivity index (χ1v) is 10.7. The number of allylic oxidation sites excluding steroid dienone is 3. The summed E-state index contributed by atoms with van der Waals surface area (Å²) in [5.41, 5.74) is 1.47. The van der Waals surface area contributed by atoms with Crippen LogP contribution in [0.1, 0.15) is 59.8 Å². The molecule has 1 aliphatic carbocycles. The fraction of sp³-hybridized carbons (Fsp3) is 0.765. The zero-order valence-corrected chi connectivity index (χ0v) is 15.6. The summed E-state index contributed by atoms with van der Waals surface area (Å²) in [6.07, 6.45) is 12.3. The van der Waals surface area contributed by atoms with Crippen LogP contribution in [-0.2, 0) is 0 Å². The third-order valence-electron chi connectivity index (χ3n) is 3.30. The summed E-state index contributed by atoms with van der Waals surface area (Å²) < 4.78 is 1.71. The van der Waals surface area contributed by atoms with Gasteiger partial charge in [0.2, 0.25) is 0 Å². The predicted octanol–water partition coefficient (Wildman–Crippen LogP) is 5.89. The first kappa shape index (κ1) is 17.4.